The minimum atomic E-state index is -0.0453. The number of ether oxygens (including phenoxy) is 2. The molecule has 2 saturated heterocycles. The highest BCUT2D eigenvalue weighted by atomic mass is 16.6. The van der Waals surface area contributed by atoms with Crippen molar-refractivity contribution in [2.45, 2.75) is 64.7 Å². The summed E-state index contributed by atoms with van der Waals surface area (Å²) in [6, 6.07) is 0. The van der Waals surface area contributed by atoms with Crippen molar-refractivity contribution in [2.24, 2.45) is 10.8 Å². The summed E-state index contributed by atoms with van der Waals surface area (Å²) in [4.78, 5) is 0. The van der Waals surface area contributed by atoms with E-state index in [1.165, 1.54) is 0 Å². The first-order valence-corrected chi connectivity index (χ1v) is 7.31. The second kappa shape index (κ2) is 3.71. The van der Waals surface area contributed by atoms with Crippen LogP contribution in [0.5, 0.6) is 0 Å². The first-order valence-electron chi connectivity index (χ1n) is 7.31. The summed E-state index contributed by atoms with van der Waals surface area (Å²) in [5.41, 5.74) is 0.603. The zero-order chi connectivity index (χ0) is 13.1. The molecule has 0 bridgehead atoms. The number of rotatable bonds is 0. The van der Waals surface area contributed by atoms with Crippen LogP contribution in [0.25, 0.3) is 0 Å². The molecule has 0 aromatic carbocycles. The van der Waals surface area contributed by atoms with Crippen molar-refractivity contribution in [3.05, 3.63) is 0 Å². The van der Waals surface area contributed by atoms with E-state index >= 15 is 0 Å². The molecule has 2 spiro atoms. The number of hydrogen-bond acceptors (Lipinski definition) is 3. The van der Waals surface area contributed by atoms with Crippen LogP contribution < -0.4 is 5.32 Å². The Hall–Kier alpha value is -0.120. The summed E-state index contributed by atoms with van der Waals surface area (Å²) in [7, 11) is 0. The molecule has 3 aliphatic rings. The summed E-state index contributed by atoms with van der Waals surface area (Å²) in [6.45, 7) is 12.1. The third kappa shape index (κ3) is 1.83. The van der Waals surface area contributed by atoms with Gasteiger partial charge in [-0.2, -0.15) is 0 Å². The molecule has 1 aliphatic carbocycles. The van der Waals surface area contributed by atoms with E-state index in [0.29, 0.717) is 5.41 Å². The van der Waals surface area contributed by atoms with Crippen LogP contribution in [0.2, 0.25) is 0 Å². The molecule has 18 heavy (non-hydrogen) atoms. The Labute approximate surface area is 111 Å². The normalized spacial score (nSPS) is 35.3. The van der Waals surface area contributed by atoms with E-state index in [4.69, 9.17) is 9.47 Å². The fraction of sp³-hybridized carbons (Fsp3) is 1.00. The summed E-state index contributed by atoms with van der Waals surface area (Å²) < 4.78 is 12.2. The van der Waals surface area contributed by atoms with Crippen molar-refractivity contribution < 1.29 is 9.47 Å². The average Bonchev–Trinajstić information content (AvgIpc) is 2.23. The van der Waals surface area contributed by atoms with E-state index < -0.39 is 0 Å². The van der Waals surface area contributed by atoms with Gasteiger partial charge in [-0.15, -0.1) is 0 Å². The SMILES string of the molecule is CC1(C)CC2(C1)NCC(C)(C)C1(CCOCC1)O2. The Morgan fingerprint density at radius 1 is 0.944 bits per heavy atom. The Bertz CT molecular complexity index is 334. The molecule has 2 heterocycles. The van der Waals surface area contributed by atoms with Crippen molar-refractivity contribution in [1.82, 2.24) is 5.32 Å². The molecule has 3 nitrogen and oxygen atoms in total. The summed E-state index contributed by atoms with van der Waals surface area (Å²) in [6.07, 6.45) is 4.37. The lowest BCUT2D eigenvalue weighted by molar-refractivity contribution is -0.316. The molecule has 104 valence electrons. The minimum Gasteiger partial charge on any atom is -0.381 e. The molecule has 0 amide bonds. The molecule has 0 unspecified atom stereocenters. The van der Waals surface area contributed by atoms with Crippen molar-refractivity contribution in [1.29, 1.82) is 0 Å². The quantitative estimate of drug-likeness (QED) is 0.720. The van der Waals surface area contributed by atoms with Crippen molar-refractivity contribution in [2.75, 3.05) is 19.8 Å². The highest BCUT2D eigenvalue weighted by molar-refractivity contribution is 5.10. The van der Waals surface area contributed by atoms with Gasteiger partial charge in [-0.05, 0) is 18.3 Å². The van der Waals surface area contributed by atoms with Crippen LogP contribution in [0.4, 0.5) is 0 Å². The molecule has 0 aromatic rings. The van der Waals surface area contributed by atoms with Gasteiger partial charge in [0.2, 0.25) is 0 Å². The number of nitrogens with one attached hydrogen (secondary N) is 1. The first-order chi connectivity index (χ1) is 8.29. The van der Waals surface area contributed by atoms with Gasteiger partial charge in [-0.25, -0.2) is 0 Å². The summed E-state index contributed by atoms with van der Waals surface area (Å²) in [5, 5.41) is 3.69. The standard InChI is InChI=1S/C15H27NO2/c1-12(2)9-15(10-12)16-11-13(3,4)14(18-15)5-7-17-8-6-14/h16H,5-11H2,1-4H3. The van der Waals surface area contributed by atoms with Gasteiger partial charge >= 0.3 is 0 Å². The Morgan fingerprint density at radius 2 is 1.56 bits per heavy atom. The van der Waals surface area contributed by atoms with Gasteiger partial charge in [0.05, 0.1) is 5.60 Å². The van der Waals surface area contributed by atoms with Crippen LogP contribution in [0.3, 0.4) is 0 Å². The third-order valence-corrected chi connectivity index (χ3v) is 5.31. The monoisotopic (exact) mass is 253 g/mol. The molecule has 3 fully saturated rings. The average molecular weight is 253 g/mol. The maximum Gasteiger partial charge on any atom is 0.121 e. The second-order valence-corrected chi connectivity index (χ2v) is 7.96. The van der Waals surface area contributed by atoms with E-state index in [1.54, 1.807) is 0 Å². The van der Waals surface area contributed by atoms with Crippen molar-refractivity contribution >= 4 is 0 Å². The van der Waals surface area contributed by atoms with Gasteiger partial charge in [0, 0.05) is 38.0 Å². The van der Waals surface area contributed by atoms with E-state index in [0.717, 1.165) is 45.4 Å². The lowest BCUT2D eigenvalue weighted by atomic mass is 9.61. The van der Waals surface area contributed by atoms with Crippen LogP contribution >= 0.6 is 0 Å². The third-order valence-electron chi connectivity index (χ3n) is 5.31. The first kappa shape index (κ1) is 12.9. The van der Waals surface area contributed by atoms with E-state index in [9.17, 15) is 0 Å². The molecule has 3 rings (SSSR count). The zero-order valence-corrected chi connectivity index (χ0v) is 12.3. The van der Waals surface area contributed by atoms with Crippen LogP contribution in [0.1, 0.15) is 53.4 Å². The largest absolute Gasteiger partial charge is 0.381 e. The fourth-order valence-corrected chi connectivity index (χ4v) is 4.26. The van der Waals surface area contributed by atoms with E-state index in [2.05, 4.69) is 33.0 Å². The Balaban J connectivity index is 1.82. The maximum atomic E-state index is 6.70. The van der Waals surface area contributed by atoms with Gasteiger partial charge in [0.15, 0.2) is 0 Å². The number of hydrogen-bond donors (Lipinski definition) is 1. The van der Waals surface area contributed by atoms with Crippen LogP contribution in [-0.4, -0.2) is 31.1 Å². The Kier molecular flexibility index (Phi) is 2.66. The molecular formula is C15H27NO2. The molecule has 0 radical (unpaired) electrons. The molecule has 3 heteroatoms. The second-order valence-electron chi connectivity index (χ2n) is 7.96. The Morgan fingerprint density at radius 3 is 2.11 bits per heavy atom. The lowest BCUT2D eigenvalue weighted by Gasteiger charge is -2.64. The summed E-state index contributed by atoms with van der Waals surface area (Å²) in [5.74, 6) is 0. The highest BCUT2D eigenvalue weighted by Gasteiger charge is 2.61. The van der Waals surface area contributed by atoms with Crippen LogP contribution in [0, 0.1) is 10.8 Å². The molecule has 0 aromatic heterocycles. The van der Waals surface area contributed by atoms with Crippen LogP contribution in [-0.2, 0) is 9.47 Å². The van der Waals surface area contributed by atoms with Gasteiger partial charge in [-0.1, -0.05) is 27.7 Å². The molecule has 2 aliphatic heterocycles. The smallest absolute Gasteiger partial charge is 0.121 e. The van der Waals surface area contributed by atoms with Gasteiger partial charge in [0.25, 0.3) is 0 Å². The highest BCUT2D eigenvalue weighted by Crippen LogP contribution is 2.56. The lowest BCUT2D eigenvalue weighted by Crippen LogP contribution is -2.73. The van der Waals surface area contributed by atoms with Gasteiger partial charge in [-0.3, -0.25) is 5.32 Å². The predicted octanol–water partition coefficient (Wildman–Crippen LogP) is 2.70. The zero-order valence-electron chi connectivity index (χ0n) is 12.3. The molecule has 1 N–H and O–H groups in total. The molecule has 1 saturated carbocycles. The topological polar surface area (TPSA) is 30.5 Å². The summed E-state index contributed by atoms with van der Waals surface area (Å²) >= 11 is 0. The van der Waals surface area contributed by atoms with Crippen molar-refractivity contribution in [3.8, 4) is 0 Å². The predicted molar refractivity (Wildman–Crippen MR) is 71.4 cm³/mol. The maximum absolute atomic E-state index is 6.70. The van der Waals surface area contributed by atoms with Gasteiger partial charge < -0.3 is 9.47 Å². The fourth-order valence-electron chi connectivity index (χ4n) is 4.26. The van der Waals surface area contributed by atoms with Gasteiger partial charge in [0.1, 0.15) is 5.72 Å². The van der Waals surface area contributed by atoms with E-state index in [1.807, 2.05) is 0 Å². The molecule has 0 atom stereocenters. The van der Waals surface area contributed by atoms with Crippen molar-refractivity contribution in [3.63, 3.8) is 0 Å². The van der Waals surface area contributed by atoms with Crippen LogP contribution in [0.15, 0.2) is 0 Å². The molecular weight excluding hydrogens is 226 g/mol. The van der Waals surface area contributed by atoms with E-state index in [-0.39, 0.29) is 16.7 Å². The minimum absolute atomic E-state index is 0.0208.